The third-order valence-corrected chi connectivity index (χ3v) is 2.74. The number of hydrogen-bond acceptors (Lipinski definition) is 3. The molecule has 0 aliphatic carbocycles. The number of nitrogens with zero attached hydrogens (tertiary/aromatic N) is 2. The molecule has 2 aliphatic heterocycles. The number of nitrogens with one attached hydrogen (secondary N) is 1. The van der Waals surface area contributed by atoms with E-state index in [4.69, 9.17) is 0 Å². The maximum atomic E-state index is 3.50. The minimum Gasteiger partial charge on any atom is -0.317 e. The number of hydrogen-bond donors (Lipinski definition) is 1. The van der Waals surface area contributed by atoms with Crippen LogP contribution in [-0.4, -0.2) is 62.2 Å². The lowest BCUT2D eigenvalue weighted by atomic mass is 10.4. The van der Waals surface area contributed by atoms with Gasteiger partial charge >= 0.3 is 0 Å². The molecule has 3 heteroatoms. The molecular weight excluding hydrogens is 162 g/mol. The molecule has 0 aromatic rings. The molecule has 13 heavy (non-hydrogen) atoms. The van der Waals surface area contributed by atoms with Gasteiger partial charge in [-0.15, -0.1) is 0 Å². The molecule has 0 spiro atoms. The van der Waals surface area contributed by atoms with E-state index in [-0.39, 0.29) is 0 Å². The van der Waals surface area contributed by atoms with Crippen LogP contribution in [0.3, 0.4) is 0 Å². The van der Waals surface area contributed by atoms with Crippen LogP contribution >= 0.6 is 0 Å². The maximum absolute atomic E-state index is 3.50. The fourth-order valence-electron chi connectivity index (χ4n) is 1.57. The van der Waals surface area contributed by atoms with Gasteiger partial charge in [0.15, 0.2) is 0 Å². The van der Waals surface area contributed by atoms with Crippen molar-refractivity contribution < 1.29 is 0 Å². The van der Waals surface area contributed by atoms with Gasteiger partial charge in [-0.25, -0.2) is 0 Å². The summed E-state index contributed by atoms with van der Waals surface area (Å²) in [4.78, 5) is 4.97. The van der Waals surface area contributed by atoms with E-state index in [1.165, 1.54) is 65.2 Å². The largest absolute Gasteiger partial charge is 0.317 e. The van der Waals surface area contributed by atoms with E-state index in [1.807, 2.05) is 0 Å². The highest BCUT2D eigenvalue weighted by Gasteiger charge is 2.16. The fraction of sp³-hybridized carbons (Fsp3) is 1.00. The fourth-order valence-corrected chi connectivity index (χ4v) is 1.57. The molecule has 0 radical (unpaired) electrons. The Kier molecular flexibility index (Phi) is 3.58. The van der Waals surface area contributed by atoms with Crippen molar-refractivity contribution in [2.75, 3.05) is 52.4 Å². The van der Waals surface area contributed by atoms with Crippen molar-refractivity contribution in [2.45, 2.75) is 12.8 Å². The molecular formula is C10H21N3. The summed E-state index contributed by atoms with van der Waals surface area (Å²) < 4.78 is 0. The van der Waals surface area contributed by atoms with Crippen molar-refractivity contribution in [3.8, 4) is 0 Å². The molecule has 0 unspecified atom stereocenters. The highest BCUT2D eigenvalue weighted by molar-refractivity contribution is 4.73. The van der Waals surface area contributed by atoms with Crippen molar-refractivity contribution in [2.24, 2.45) is 0 Å². The summed E-state index contributed by atoms with van der Waals surface area (Å²) >= 11 is 0. The van der Waals surface area contributed by atoms with Gasteiger partial charge < -0.3 is 15.1 Å². The van der Waals surface area contributed by atoms with Crippen LogP contribution in [0.4, 0.5) is 0 Å². The Morgan fingerprint density at radius 3 is 1.62 bits per heavy atom. The predicted molar refractivity (Wildman–Crippen MR) is 55.0 cm³/mol. The van der Waals surface area contributed by atoms with Crippen molar-refractivity contribution >= 4 is 0 Å². The molecule has 76 valence electrons. The normalized spacial score (nSPS) is 22.2. The summed E-state index contributed by atoms with van der Waals surface area (Å²) in [6.45, 7) is 10.4. The molecule has 2 rings (SSSR count). The van der Waals surface area contributed by atoms with E-state index in [0.29, 0.717) is 0 Å². The molecule has 0 saturated carbocycles. The van der Waals surface area contributed by atoms with Crippen LogP contribution in [0.2, 0.25) is 0 Å². The Morgan fingerprint density at radius 1 is 0.769 bits per heavy atom. The average molecular weight is 183 g/mol. The zero-order valence-corrected chi connectivity index (χ0v) is 8.47. The van der Waals surface area contributed by atoms with Crippen molar-refractivity contribution in [3.63, 3.8) is 0 Å². The highest BCUT2D eigenvalue weighted by Crippen LogP contribution is 2.03. The predicted octanol–water partition coefficient (Wildman–Crippen LogP) is -0.0126. The first-order valence-corrected chi connectivity index (χ1v) is 5.60. The van der Waals surface area contributed by atoms with Gasteiger partial charge in [0.2, 0.25) is 0 Å². The number of rotatable bonds is 8. The molecule has 0 atom stereocenters. The first-order chi connectivity index (χ1) is 6.45. The molecule has 0 aromatic carbocycles. The quantitative estimate of drug-likeness (QED) is 0.421. The second kappa shape index (κ2) is 4.94. The van der Waals surface area contributed by atoms with Crippen molar-refractivity contribution in [3.05, 3.63) is 0 Å². The summed E-state index contributed by atoms with van der Waals surface area (Å²) in [6, 6.07) is 0. The Labute approximate surface area is 81.1 Å². The molecule has 0 bridgehead atoms. The Hall–Kier alpha value is -0.120. The molecule has 2 fully saturated rings. The van der Waals surface area contributed by atoms with Crippen LogP contribution in [-0.2, 0) is 0 Å². The lowest BCUT2D eigenvalue weighted by molar-refractivity contribution is 0.487. The summed E-state index contributed by atoms with van der Waals surface area (Å²) in [5, 5.41) is 3.50. The van der Waals surface area contributed by atoms with Crippen LogP contribution in [0.1, 0.15) is 12.8 Å². The van der Waals surface area contributed by atoms with E-state index in [1.54, 1.807) is 0 Å². The zero-order valence-electron chi connectivity index (χ0n) is 8.47. The highest BCUT2D eigenvalue weighted by atomic mass is 15.3. The van der Waals surface area contributed by atoms with Gasteiger partial charge in [0.1, 0.15) is 0 Å². The van der Waals surface area contributed by atoms with Gasteiger partial charge in [0.05, 0.1) is 0 Å². The van der Waals surface area contributed by atoms with Gasteiger partial charge in [0, 0.05) is 26.2 Å². The topological polar surface area (TPSA) is 18.0 Å². The second-order valence-corrected chi connectivity index (χ2v) is 4.14. The molecule has 2 aliphatic rings. The van der Waals surface area contributed by atoms with Crippen molar-refractivity contribution in [1.82, 2.24) is 15.1 Å². The van der Waals surface area contributed by atoms with Gasteiger partial charge in [0.25, 0.3) is 0 Å². The summed E-state index contributed by atoms with van der Waals surface area (Å²) in [5.74, 6) is 0. The van der Waals surface area contributed by atoms with Crippen LogP contribution in [0, 0.1) is 0 Å². The standard InChI is InChI=1S/C10H21N3/c1(5-12-7-8-12)3-11-4-2-6-13-9-10-13/h11H,1-10H2. The molecule has 0 aromatic heterocycles. The smallest absolute Gasteiger partial charge is 0.0110 e. The molecule has 0 amide bonds. The Balaban J connectivity index is 1.28. The lowest BCUT2D eigenvalue weighted by Crippen LogP contribution is -2.20. The van der Waals surface area contributed by atoms with Crippen LogP contribution in [0.25, 0.3) is 0 Å². The van der Waals surface area contributed by atoms with E-state index in [9.17, 15) is 0 Å². The van der Waals surface area contributed by atoms with Crippen molar-refractivity contribution in [1.29, 1.82) is 0 Å². The van der Waals surface area contributed by atoms with Crippen LogP contribution in [0.15, 0.2) is 0 Å². The molecule has 2 heterocycles. The minimum absolute atomic E-state index is 1.20. The maximum Gasteiger partial charge on any atom is 0.0110 e. The molecule has 2 saturated heterocycles. The van der Waals surface area contributed by atoms with Gasteiger partial charge in [-0.2, -0.15) is 0 Å². The van der Waals surface area contributed by atoms with Crippen LogP contribution < -0.4 is 5.32 Å². The summed E-state index contributed by atoms with van der Waals surface area (Å²) in [5.41, 5.74) is 0. The summed E-state index contributed by atoms with van der Waals surface area (Å²) in [6.07, 6.45) is 2.65. The van der Waals surface area contributed by atoms with E-state index in [2.05, 4.69) is 15.1 Å². The summed E-state index contributed by atoms with van der Waals surface area (Å²) in [7, 11) is 0. The Morgan fingerprint density at radius 2 is 1.23 bits per heavy atom. The van der Waals surface area contributed by atoms with Gasteiger partial charge in [-0.05, 0) is 39.0 Å². The van der Waals surface area contributed by atoms with Crippen LogP contribution in [0.5, 0.6) is 0 Å². The SMILES string of the molecule is C(CNCCCN1CC1)CN1CC1. The monoisotopic (exact) mass is 183 g/mol. The third kappa shape index (κ3) is 4.60. The Bertz CT molecular complexity index is 125. The van der Waals surface area contributed by atoms with E-state index in [0.717, 1.165) is 0 Å². The third-order valence-electron chi connectivity index (χ3n) is 2.74. The van der Waals surface area contributed by atoms with Gasteiger partial charge in [-0.3, -0.25) is 0 Å². The van der Waals surface area contributed by atoms with E-state index < -0.39 is 0 Å². The zero-order chi connectivity index (χ0) is 8.93. The first kappa shape index (κ1) is 9.44. The molecule has 1 N–H and O–H groups in total. The average Bonchev–Trinajstić information content (AvgIpc) is 2.99. The lowest BCUT2D eigenvalue weighted by Gasteiger charge is -2.04. The van der Waals surface area contributed by atoms with Gasteiger partial charge in [-0.1, -0.05) is 0 Å². The second-order valence-electron chi connectivity index (χ2n) is 4.14. The minimum atomic E-state index is 1.20. The van der Waals surface area contributed by atoms with E-state index >= 15 is 0 Å². The molecule has 3 nitrogen and oxygen atoms in total. The first-order valence-electron chi connectivity index (χ1n) is 5.60.